The van der Waals surface area contributed by atoms with Crippen molar-refractivity contribution in [1.82, 2.24) is 4.57 Å². The zero-order chi connectivity index (χ0) is 18.7. The van der Waals surface area contributed by atoms with Crippen LogP contribution in [-0.2, 0) is 19.9 Å². The molecule has 0 bridgehead atoms. The molecule has 0 aliphatic heterocycles. The number of aryl methyl sites for hydroxylation is 4. The van der Waals surface area contributed by atoms with Crippen molar-refractivity contribution >= 4 is 33.5 Å². The maximum Gasteiger partial charge on any atom is 0.163 e. The third kappa shape index (κ3) is 3.70. The molecule has 4 heteroatoms. The van der Waals surface area contributed by atoms with Gasteiger partial charge in [0.25, 0.3) is 0 Å². The third-order valence-electron chi connectivity index (χ3n) is 5.00. The number of hydrogen-bond donors (Lipinski definition) is 0. The van der Waals surface area contributed by atoms with Crippen LogP contribution in [0.15, 0.2) is 36.4 Å². The van der Waals surface area contributed by atoms with E-state index >= 15 is 0 Å². The first-order valence-corrected chi connectivity index (χ1v) is 10.1. The predicted octanol–water partition coefficient (Wildman–Crippen LogP) is 5.67. The highest BCUT2D eigenvalue weighted by Gasteiger charge is 2.13. The van der Waals surface area contributed by atoms with Gasteiger partial charge in [-0.2, -0.15) is 0 Å². The molecule has 0 spiro atoms. The van der Waals surface area contributed by atoms with E-state index in [1.807, 2.05) is 0 Å². The van der Waals surface area contributed by atoms with E-state index in [4.69, 9.17) is 9.47 Å². The van der Waals surface area contributed by atoms with Gasteiger partial charge >= 0.3 is 0 Å². The molecule has 0 N–H and O–H groups in total. The van der Waals surface area contributed by atoms with Crippen molar-refractivity contribution in [3.05, 3.63) is 56.8 Å². The molecular formula is C22H26INO2. The Labute approximate surface area is 169 Å². The highest BCUT2D eigenvalue weighted by atomic mass is 127. The van der Waals surface area contributed by atoms with Crippen LogP contribution in [0.2, 0.25) is 0 Å². The van der Waals surface area contributed by atoms with Crippen LogP contribution in [-0.4, -0.2) is 18.8 Å². The van der Waals surface area contributed by atoms with Crippen LogP contribution in [0, 0.1) is 10.6 Å². The number of fused-ring (bicyclic) bond motifs is 1. The summed E-state index contributed by atoms with van der Waals surface area (Å²) in [5, 5.41) is 1.39. The summed E-state index contributed by atoms with van der Waals surface area (Å²) in [4.78, 5) is 0. The molecule has 1 heterocycles. The molecule has 0 amide bonds. The molecule has 0 aliphatic carbocycles. The van der Waals surface area contributed by atoms with Gasteiger partial charge in [-0.3, -0.25) is 0 Å². The molecule has 138 valence electrons. The molecule has 0 saturated heterocycles. The SMILES string of the molecule is COc1cc(CCCCc2c(I)n(C)c3ccccc23)cc(C)c1OC. The Morgan fingerprint density at radius 2 is 1.73 bits per heavy atom. The Bertz CT molecular complexity index is 914. The monoisotopic (exact) mass is 463 g/mol. The summed E-state index contributed by atoms with van der Waals surface area (Å²) in [7, 11) is 5.54. The lowest BCUT2D eigenvalue weighted by Crippen LogP contribution is -1.97. The Morgan fingerprint density at radius 3 is 2.46 bits per heavy atom. The topological polar surface area (TPSA) is 23.4 Å². The van der Waals surface area contributed by atoms with Crippen LogP contribution >= 0.6 is 22.6 Å². The van der Waals surface area contributed by atoms with E-state index in [2.05, 4.69) is 77.5 Å². The summed E-state index contributed by atoms with van der Waals surface area (Å²) in [6, 6.07) is 13.0. The fourth-order valence-electron chi connectivity index (χ4n) is 3.68. The van der Waals surface area contributed by atoms with Crippen molar-refractivity contribution in [2.24, 2.45) is 7.05 Å². The van der Waals surface area contributed by atoms with E-state index in [0.717, 1.165) is 36.3 Å². The molecule has 0 radical (unpaired) electrons. The number of nitrogens with zero attached hydrogens (tertiary/aromatic N) is 1. The molecule has 0 aliphatic rings. The molecule has 2 aromatic carbocycles. The molecule has 0 fully saturated rings. The van der Waals surface area contributed by atoms with E-state index in [1.165, 1.54) is 32.2 Å². The largest absolute Gasteiger partial charge is 0.493 e. The summed E-state index contributed by atoms with van der Waals surface area (Å²) >= 11 is 2.48. The number of para-hydroxylation sites is 1. The van der Waals surface area contributed by atoms with Crippen molar-refractivity contribution in [3.8, 4) is 11.5 Å². The average Bonchev–Trinajstić information content (AvgIpc) is 2.89. The van der Waals surface area contributed by atoms with Crippen molar-refractivity contribution in [2.45, 2.75) is 32.6 Å². The lowest BCUT2D eigenvalue weighted by molar-refractivity contribution is 0.352. The number of benzene rings is 2. The first kappa shape index (κ1) is 19.1. The van der Waals surface area contributed by atoms with E-state index in [9.17, 15) is 0 Å². The molecule has 3 rings (SSSR count). The lowest BCUT2D eigenvalue weighted by atomic mass is 10.0. The van der Waals surface area contributed by atoms with Crippen LogP contribution in [0.25, 0.3) is 10.9 Å². The van der Waals surface area contributed by atoms with Crippen LogP contribution in [0.4, 0.5) is 0 Å². The van der Waals surface area contributed by atoms with E-state index < -0.39 is 0 Å². The Morgan fingerprint density at radius 1 is 1.00 bits per heavy atom. The van der Waals surface area contributed by atoms with Crippen molar-refractivity contribution in [3.63, 3.8) is 0 Å². The molecule has 1 aromatic heterocycles. The second kappa shape index (κ2) is 8.33. The fourth-order valence-corrected chi connectivity index (χ4v) is 4.50. The summed E-state index contributed by atoms with van der Waals surface area (Å²) in [5.74, 6) is 1.66. The summed E-state index contributed by atoms with van der Waals surface area (Å²) < 4.78 is 14.6. The molecule has 0 unspecified atom stereocenters. The second-order valence-corrected chi connectivity index (χ2v) is 7.72. The van der Waals surface area contributed by atoms with Crippen LogP contribution in [0.3, 0.4) is 0 Å². The Balaban J connectivity index is 1.67. The number of unbranched alkanes of at least 4 members (excludes halogenated alkanes) is 1. The van der Waals surface area contributed by atoms with E-state index in [-0.39, 0.29) is 0 Å². The molecule has 3 nitrogen and oxygen atoms in total. The molecule has 3 aromatic rings. The van der Waals surface area contributed by atoms with Gasteiger partial charge in [-0.05, 0) is 84.0 Å². The standard InChI is InChI=1S/C22H26INO2/c1-15-13-16(14-20(25-3)21(15)26-4)9-5-6-11-18-17-10-7-8-12-19(17)24(2)22(18)23/h7-8,10,12-14H,5-6,9,11H2,1-4H3. The minimum absolute atomic E-state index is 0.825. The lowest BCUT2D eigenvalue weighted by Gasteiger charge is -2.13. The van der Waals surface area contributed by atoms with E-state index in [0.29, 0.717) is 0 Å². The first-order chi connectivity index (χ1) is 12.6. The number of methoxy groups -OCH3 is 2. The zero-order valence-corrected chi connectivity index (χ0v) is 18.1. The van der Waals surface area contributed by atoms with Gasteiger partial charge in [-0.25, -0.2) is 0 Å². The van der Waals surface area contributed by atoms with Gasteiger partial charge in [-0.1, -0.05) is 24.3 Å². The van der Waals surface area contributed by atoms with Gasteiger partial charge in [-0.15, -0.1) is 0 Å². The van der Waals surface area contributed by atoms with Gasteiger partial charge in [0, 0.05) is 18.0 Å². The minimum Gasteiger partial charge on any atom is -0.493 e. The smallest absolute Gasteiger partial charge is 0.163 e. The zero-order valence-electron chi connectivity index (χ0n) is 15.9. The maximum absolute atomic E-state index is 5.47. The number of halogens is 1. The van der Waals surface area contributed by atoms with Crippen LogP contribution < -0.4 is 9.47 Å². The number of aromatic nitrogens is 1. The summed E-state index contributed by atoms with van der Waals surface area (Å²) in [6.45, 7) is 2.07. The van der Waals surface area contributed by atoms with Gasteiger partial charge in [0.05, 0.1) is 17.9 Å². The van der Waals surface area contributed by atoms with Crippen molar-refractivity contribution in [1.29, 1.82) is 0 Å². The molecule has 0 atom stereocenters. The van der Waals surface area contributed by atoms with Gasteiger partial charge < -0.3 is 14.0 Å². The normalized spacial score (nSPS) is 11.1. The third-order valence-corrected chi connectivity index (χ3v) is 6.38. The van der Waals surface area contributed by atoms with Crippen LogP contribution in [0.5, 0.6) is 11.5 Å². The number of rotatable bonds is 7. The molecule has 0 saturated carbocycles. The Kier molecular flexibility index (Phi) is 6.12. The first-order valence-electron chi connectivity index (χ1n) is 9.00. The van der Waals surface area contributed by atoms with E-state index in [1.54, 1.807) is 14.2 Å². The Hall–Kier alpha value is -1.69. The highest BCUT2D eigenvalue weighted by molar-refractivity contribution is 14.1. The number of hydrogen-bond acceptors (Lipinski definition) is 2. The highest BCUT2D eigenvalue weighted by Crippen LogP contribution is 2.33. The van der Waals surface area contributed by atoms with Gasteiger partial charge in [0.1, 0.15) is 0 Å². The van der Waals surface area contributed by atoms with Crippen LogP contribution in [0.1, 0.15) is 29.5 Å². The van der Waals surface area contributed by atoms with Crippen molar-refractivity contribution in [2.75, 3.05) is 14.2 Å². The van der Waals surface area contributed by atoms with Crippen molar-refractivity contribution < 1.29 is 9.47 Å². The second-order valence-electron chi connectivity index (χ2n) is 6.70. The summed E-state index contributed by atoms with van der Waals surface area (Å²) in [5.41, 5.74) is 5.24. The molecule has 26 heavy (non-hydrogen) atoms. The predicted molar refractivity (Wildman–Crippen MR) is 117 cm³/mol. The minimum atomic E-state index is 0.825. The fraction of sp³-hybridized carbons (Fsp3) is 0.364. The van der Waals surface area contributed by atoms with Gasteiger partial charge in [0.15, 0.2) is 11.5 Å². The maximum atomic E-state index is 5.47. The molecular weight excluding hydrogens is 437 g/mol. The quantitative estimate of drug-likeness (QED) is 0.333. The van der Waals surface area contributed by atoms with Gasteiger partial charge in [0.2, 0.25) is 0 Å². The summed E-state index contributed by atoms with van der Waals surface area (Å²) in [6.07, 6.45) is 4.51. The number of ether oxygens (including phenoxy) is 2. The average molecular weight is 463 g/mol.